The van der Waals surface area contributed by atoms with E-state index < -0.39 is 28.0 Å². The Morgan fingerprint density at radius 1 is 0.793 bits per heavy atom. The Labute approximate surface area is 179 Å². The van der Waals surface area contributed by atoms with Gasteiger partial charge in [-0.1, -0.05) is 97.3 Å². The third-order valence-electron chi connectivity index (χ3n) is 5.31. The number of hydrogen-bond acceptors (Lipinski definition) is 4. The first kappa shape index (κ1) is 28.3. The molecule has 0 saturated carbocycles. The van der Waals surface area contributed by atoms with Gasteiger partial charge in [0, 0.05) is 6.42 Å². The molecule has 0 aromatic rings. The molecule has 6 nitrogen and oxygen atoms in total. The molecule has 0 heterocycles. The van der Waals surface area contributed by atoms with Crippen LogP contribution in [0.4, 0.5) is 0 Å². The minimum Gasteiger partial charge on any atom is -0.391 e. The number of rotatable bonds is 20. The van der Waals surface area contributed by atoms with Crippen LogP contribution in [0.15, 0.2) is 0 Å². The lowest BCUT2D eigenvalue weighted by Gasteiger charge is -2.23. The fourth-order valence-corrected chi connectivity index (χ4v) is 4.27. The van der Waals surface area contributed by atoms with Crippen molar-refractivity contribution in [3.63, 3.8) is 0 Å². The van der Waals surface area contributed by atoms with Crippen molar-refractivity contribution in [2.24, 2.45) is 0 Å². The van der Waals surface area contributed by atoms with Crippen LogP contribution in [-0.2, 0) is 14.9 Å². The first-order chi connectivity index (χ1) is 13.8. The van der Waals surface area contributed by atoms with Crippen LogP contribution in [0.25, 0.3) is 0 Å². The van der Waals surface area contributed by atoms with E-state index in [1.807, 2.05) is 0 Å². The molecule has 29 heavy (non-hydrogen) atoms. The lowest BCUT2D eigenvalue weighted by atomic mass is 10.0. The molecule has 0 aliphatic rings. The fraction of sp³-hybridized carbons (Fsp3) is 0.955. The fourth-order valence-electron chi connectivity index (χ4n) is 3.51. The van der Waals surface area contributed by atoms with Gasteiger partial charge in [-0.2, -0.15) is 8.42 Å². The molecule has 0 spiro atoms. The molecule has 0 aromatic carbocycles. The summed E-state index contributed by atoms with van der Waals surface area (Å²) >= 11 is 0. The molecule has 0 aromatic heterocycles. The lowest BCUT2D eigenvalue weighted by Crippen LogP contribution is -2.47. The van der Waals surface area contributed by atoms with Crippen molar-refractivity contribution in [3.8, 4) is 0 Å². The van der Waals surface area contributed by atoms with Crippen molar-refractivity contribution >= 4 is 16.0 Å². The summed E-state index contributed by atoms with van der Waals surface area (Å²) in [5.74, 6) is -0.903. The first-order valence-electron chi connectivity index (χ1n) is 11.7. The molecule has 0 aliphatic carbocycles. The Hall–Kier alpha value is -0.660. The average molecular weight is 436 g/mol. The average Bonchev–Trinajstić information content (AvgIpc) is 2.65. The predicted octanol–water partition coefficient (Wildman–Crippen LogP) is 5.00. The molecule has 0 rings (SSSR count). The van der Waals surface area contributed by atoms with Gasteiger partial charge in [-0.25, -0.2) is 0 Å². The second-order valence-electron chi connectivity index (χ2n) is 8.27. The monoisotopic (exact) mass is 435 g/mol. The molecular formula is C22H45NO5S. The predicted molar refractivity (Wildman–Crippen MR) is 120 cm³/mol. The highest BCUT2D eigenvalue weighted by molar-refractivity contribution is 7.85. The van der Waals surface area contributed by atoms with E-state index in [-0.39, 0.29) is 5.91 Å². The molecule has 0 aliphatic heterocycles. The minimum atomic E-state index is -4.27. The number of aliphatic hydroxyl groups is 1. The summed E-state index contributed by atoms with van der Waals surface area (Å²) in [6, 6.07) is -0.956. The van der Waals surface area contributed by atoms with Crippen LogP contribution in [-0.4, -0.2) is 41.9 Å². The summed E-state index contributed by atoms with van der Waals surface area (Å²) in [4.78, 5) is 12.2. The van der Waals surface area contributed by atoms with E-state index in [4.69, 9.17) is 4.55 Å². The number of carbonyl (C=O) groups is 1. The number of aliphatic hydroxyl groups excluding tert-OH is 1. The van der Waals surface area contributed by atoms with Crippen LogP contribution >= 0.6 is 0 Å². The number of carbonyl (C=O) groups excluding carboxylic acids is 1. The highest BCUT2D eigenvalue weighted by Crippen LogP contribution is 2.13. The third-order valence-corrected chi connectivity index (χ3v) is 6.09. The molecule has 0 fully saturated rings. The maximum atomic E-state index is 12.2. The number of amides is 1. The van der Waals surface area contributed by atoms with E-state index in [9.17, 15) is 18.3 Å². The number of hydrogen-bond donors (Lipinski definition) is 3. The summed E-state index contributed by atoms with van der Waals surface area (Å²) in [7, 11) is -4.27. The summed E-state index contributed by atoms with van der Waals surface area (Å²) in [5, 5.41) is 13.0. The maximum Gasteiger partial charge on any atom is 0.266 e. The summed E-state index contributed by atoms with van der Waals surface area (Å²) in [6.45, 7) is 4.35. The number of unbranched alkanes of at least 4 members (excludes halogenated alkanes) is 12. The van der Waals surface area contributed by atoms with E-state index in [0.717, 1.165) is 44.9 Å². The Morgan fingerprint density at radius 3 is 1.72 bits per heavy atom. The molecule has 7 heteroatoms. The minimum absolute atomic E-state index is 0.258. The zero-order chi connectivity index (χ0) is 22.0. The van der Waals surface area contributed by atoms with Gasteiger partial charge in [-0.15, -0.1) is 0 Å². The molecular weight excluding hydrogens is 390 g/mol. The maximum absolute atomic E-state index is 12.2. The van der Waals surface area contributed by atoms with Crippen LogP contribution in [0.3, 0.4) is 0 Å². The van der Waals surface area contributed by atoms with Gasteiger partial charge < -0.3 is 10.4 Å². The van der Waals surface area contributed by atoms with Crippen molar-refractivity contribution in [2.45, 2.75) is 129 Å². The smallest absolute Gasteiger partial charge is 0.266 e. The first-order valence-corrected chi connectivity index (χ1v) is 13.3. The van der Waals surface area contributed by atoms with Crippen LogP contribution in [0.5, 0.6) is 0 Å². The van der Waals surface area contributed by atoms with Crippen molar-refractivity contribution in [2.75, 3.05) is 5.75 Å². The Morgan fingerprint density at radius 2 is 1.24 bits per heavy atom. The van der Waals surface area contributed by atoms with Crippen molar-refractivity contribution in [3.05, 3.63) is 0 Å². The zero-order valence-corrected chi connectivity index (χ0v) is 19.5. The van der Waals surface area contributed by atoms with E-state index in [0.29, 0.717) is 12.8 Å². The normalized spacial score (nSPS) is 13.9. The summed E-state index contributed by atoms with van der Waals surface area (Å²) < 4.78 is 31.7. The van der Waals surface area contributed by atoms with Crippen molar-refractivity contribution < 1.29 is 22.9 Å². The molecule has 0 radical (unpaired) electrons. The molecule has 1 amide bonds. The van der Waals surface area contributed by atoms with Gasteiger partial charge in [-0.3, -0.25) is 9.35 Å². The topological polar surface area (TPSA) is 104 Å². The molecule has 2 atom stereocenters. The third kappa shape index (κ3) is 19.1. The van der Waals surface area contributed by atoms with Gasteiger partial charge in [0.1, 0.15) is 0 Å². The summed E-state index contributed by atoms with van der Waals surface area (Å²) in [6.07, 6.45) is 15.2. The second kappa shape index (κ2) is 18.1. The van der Waals surface area contributed by atoms with Gasteiger partial charge in [0.2, 0.25) is 5.91 Å². The van der Waals surface area contributed by atoms with E-state index in [1.54, 1.807) is 0 Å². The molecule has 0 bridgehead atoms. The molecule has 3 N–H and O–H groups in total. The van der Waals surface area contributed by atoms with E-state index in [2.05, 4.69) is 19.2 Å². The van der Waals surface area contributed by atoms with Gasteiger partial charge in [-0.05, 0) is 12.8 Å². The van der Waals surface area contributed by atoms with Crippen LogP contribution < -0.4 is 5.32 Å². The van der Waals surface area contributed by atoms with Crippen LogP contribution in [0.1, 0.15) is 117 Å². The lowest BCUT2D eigenvalue weighted by molar-refractivity contribution is -0.122. The highest BCUT2D eigenvalue weighted by atomic mass is 32.2. The largest absolute Gasteiger partial charge is 0.391 e. The molecule has 2 unspecified atom stereocenters. The van der Waals surface area contributed by atoms with E-state index in [1.165, 1.54) is 44.9 Å². The summed E-state index contributed by atoms with van der Waals surface area (Å²) in [5.41, 5.74) is 0. The van der Waals surface area contributed by atoms with Gasteiger partial charge in [0.25, 0.3) is 10.1 Å². The van der Waals surface area contributed by atoms with Crippen molar-refractivity contribution in [1.82, 2.24) is 5.32 Å². The SMILES string of the molecule is CCCCCCCCCCC(=O)NC(CS(=O)(=O)O)C(O)CCCCCCCC. The molecule has 174 valence electrons. The van der Waals surface area contributed by atoms with Gasteiger partial charge in [0.15, 0.2) is 0 Å². The van der Waals surface area contributed by atoms with Crippen molar-refractivity contribution in [1.29, 1.82) is 0 Å². The standard InChI is InChI=1S/C22H45NO5S/c1-3-5-7-9-11-12-14-16-18-22(25)23-20(19-29(26,27)28)21(24)17-15-13-10-8-6-4-2/h20-21,24H,3-19H2,1-2H3,(H,23,25)(H,26,27,28). The van der Waals surface area contributed by atoms with E-state index >= 15 is 0 Å². The zero-order valence-electron chi connectivity index (χ0n) is 18.7. The van der Waals surface area contributed by atoms with Gasteiger partial charge in [0.05, 0.1) is 17.9 Å². The Balaban J connectivity index is 4.18. The quantitative estimate of drug-likeness (QED) is 0.184. The molecule has 0 saturated heterocycles. The Bertz CT molecular complexity index is 495. The Kier molecular flexibility index (Phi) is 17.7. The van der Waals surface area contributed by atoms with Crippen LogP contribution in [0, 0.1) is 0 Å². The van der Waals surface area contributed by atoms with Crippen LogP contribution in [0.2, 0.25) is 0 Å². The van der Waals surface area contributed by atoms with Gasteiger partial charge >= 0.3 is 0 Å². The highest BCUT2D eigenvalue weighted by Gasteiger charge is 2.25. The number of nitrogens with one attached hydrogen (secondary N) is 1. The second-order valence-corrected chi connectivity index (χ2v) is 9.77.